The van der Waals surface area contributed by atoms with E-state index in [0.29, 0.717) is 12.3 Å². The van der Waals surface area contributed by atoms with Crippen molar-refractivity contribution in [2.24, 2.45) is 11.7 Å². The van der Waals surface area contributed by atoms with Crippen LogP contribution in [0.1, 0.15) is 25.3 Å². The van der Waals surface area contributed by atoms with Crippen LogP contribution in [0.5, 0.6) is 0 Å². The van der Waals surface area contributed by atoms with Crippen molar-refractivity contribution in [1.82, 2.24) is 4.90 Å². The smallest absolute Gasteiger partial charge is 0.226 e. The van der Waals surface area contributed by atoms with Crippen molar-refractivity contribution < 1.29 is 4.79 Å². The van der Waals surface area contributed by atoms with Gasteiger partial charge in [-0.2, -0.15) is 0 Å². The summed E-state index contributed by atoms with van der Waals surface area (Å²) < 4.78 is 1.18. The van der Waals surface area contributed by atoms with Crippen LogP contribution in [0.25, 0.3) is 0 Å². The molecule has 1 aromatic carbocycles. The molecule has 5 heteroatoms. The standard InChI is InChI=1S/C15H21IN2O.ClH/c1-11(17)13-5-7-18(8-6-13)15(19)10-12-3-2-4-14(16)9-12;/h2-4,9,11,13H,5-8,10,17H2,1H3;1H. The third kappa shape index (κ3) is 4.90. The van der Waals surface area contributed by atoms with Gasteiger partial charge in [-0.15, -0.1) is 12.4 Å². The van der Waals surface area contributed by atoms with Crippen molar-refractivity contribution >= 4 is 40.9 Å². The third-order valence-corrected chi connectivity index (χ3v) is 4.55. The number of carbonyl (C=O) groups is 1. The zero-order chi connectivity index (χ0) is 13.8. The molecule has 112 valence electrons. The average Bonchev–Trinajstić information content (AvgIpc) is 2.39. The number of piperidine rings is 1. The molecular weight excluding hydrogens is 387 g/mol. The monoisotopic (exact) mass is 408 g/mol. The number of rotatable bonds is 3. The third-order valence-electron chi connectivity index (χ3n) is 3.88. The van der Waals surface area contributed by atoms with E-state index in [9.17, 15) is 4.79 Å². The first-order valence-electron chi connectivity index (χ1n) is 6.84. The largest absolute Gasteiger partial charge is 0.342 e. The van der Waals surface area contributed by atoms with Gasteiger partial charge in [-0.1, -0.05) is 12.1 Å². The molecule has 1 aliphatic rings. The van der Waals surface area contributed by atoms with Crippen LogP contribution >= 0.6 is 35.0 Å². The highest BCUT2D eigenvalue weighted by molar-refractivity contribution is 14.1. The fraction of sp³-hybridized carbons (Fsp3) is 0.533. The summed E-state index contributed by atoms with van der Waals surface area (Å²) in [6.07, 6.45) is 2.59. The van der Waals surface area contributed by atoms with Crippen molar-refractivity contribution in [3.63, 3.8) is 0 Å². The summed E-state index contributed by atoms with van der Waals surface area (Å²) in [5.41, 5.74) is 7.03. The van der Waals surface area contributed by atoms with Crippen LogP contribution in [0.2, 0.25) is 0 Å². The minimum absolute atomic E-state index is 0. The molecule has 1 aromatic rings. The van der Waals surface area contributed by atoms with E-state index in [1.165, 1.54) is 3.57 Å². The Bertz CT molecular complexity index is 445. The number of benzene rings is 1. The molecule has 0 spiro atoms. The molecule has 0 aliphatic carbocycles. The molecule has 0 saturated carbocycles. The van der Waals surface area contributed by atoms with Crippen LogP contribution in [0.15, 0.2) is 24.3 Å². The Hall–Kier alpha value is -0.330. The summed E-state index contributed by atoms with van der Waals surface area (Å²) in [6.45, 7) is 3.78. The molecule has 2 rings (SSSR count). The zero-order valence-corrected chi connectivity index (χ0v) is 14.7. The normalized spacial score (nSPS) is 17.4. The summed E-state index contributed by atoms with van der Waals surface area (Å²) in [4.78, 5) is 14.2. The zero-order valence-electron chi connectivity index (χ0n) is 11.7. The molecule has 0 radical (unpaired) electrons. The fourth-order valence-electron chi connectivity index (χ4n) is 2.61. The maximum atomic E-state index is 12.2. The minimum Gasteiger partial charge on any atom is -0.342 e. The maximum Gasteiger partial charge on any atom is 0.226 e. The highest BCUT2D eigenvalue weighted by Gasteiger charge is 2.24. The van der Waals surface area contributed by atoms with E-state index in [-0.39, 0.29) is 24.4 Å². The fourth-order valence-corrected chi connectivity index (χ4v) is 3.22. The van der Waals surface area contributed by atoms with Crippen LogP contribution < -0.4 is 5.73 Å². The van der Waals surface area contributed by atoms with Crippen LogP contribution in [0.4, 0.5) is 0 Å². The van der Waals surface area contributed by atoms with E-state index in [1.807, 2.05) is 23.1 Å². The molecule has 1 saturated heterocycles. The molecule has 1 amide bonds. The first-order valence-corrected chi connectivity index (χ1v) is 7.92. The number of nitrogens with zero attached hydrogens (tertiary/aromatic N) is 1. The molecule has 1 atom stereocenters. The van der Waals surface area contributed by atoms with E-state index in [1.54, 1.807) is 0 Å². The van der Waals surface area contributed by atoms with Crippen molar-refractivity contribution in [3.8, 4) is 0 Å². The van der Waals surface area contributed by atoms with Gasteiger partial charge in [-0.3, -0.25) is 4.79 Å². The summed E-state index contributed by atoms with van der Waals surface area (Å²) in [5, 5.41) is 0. The second kappa shape index (κ2) is 8.20. The number of nitrogens with two attached hydrogens (primary N) is 1. The molecule has 1 fully saturated rings. The summed E-state index contributed by atoms with van der Waals surface area (Å²) in [5.74, 6) is 0.812. The lowest BCUT2D eigenvalue weighted by Crippen LogP contribution is -2.43. The number of hydrogen-bond acceptors (Lipinski definition) is 2. The molecular formula is C15H22ClIN2O. The van der Waals surface area contributed by atoms with E-state index < -0.39 is 0 Å². The second-order valence-electron chi connectivity index (χ2n) is 5.38. The number of likely N-dealkylation sites (tertiary alicyclic amines) is 1. The van der Waals surface area contributed by atoms with Crippen molar-refractivity contribution in [2.75, 3.05) is 13.1 Å². The number of halogens is 2. The Morgan fingerprint density at radius 3 is 2.65 bits per heavy atom. The topological polar surface area (TPSA) is 46.3 Å². The van der Waals surface area contributed by atoms with E-state index in [0.717, 1.165) is 31.5 Å². The Balaban J connectivity index is 0.00000200. The highest BCUT2D eigenvalue weighted by Crippen LogP contribution is 2.20. The van der Waals surface area contributed by atoms with Gasteiger partial charge < -0.3 is 10.6 Å². The van der Waals surface area contributed by atoms with Gasteiger partial charge in [0.2, 0.25) is 5.91 Å². The SMILES string of the molecule is CC(N)C1CCN(C(=O)Cc2cccc(I)c2)CC1.Cl. The van der Waals surface area contributed by atoms with Gasteiger partial charge in [0.1, 0.15) is 0 Å². The molecule has 3 nitrogen and oxygen atoms in total. The van der Waals surface area contributed by atoms with Crippen molar-refractivity contribution in [1.29, 1.82) is 0 Å². The van der Waals surface area contributed by atoms with Gasteiger partial charge in [-0.25, -0.2) is 0 Å². The predicted octanol–water partition coefficient (Wildman–Crippen LogP) is 2.84. The van der Waals surface area contributed by atoms with E-state index in [4.69, 9.17) is 5.73 Å². The number of amides is 1. The second-order valence-corrected chi connectivity index (χ2v) is 6.63. The first-order chi connectivity index (χ1) is 9.06. The van der Waals surface area contributed by atoms with Crippen LogP contribution in [-0.4, -0.2) is 29.9 Å². The van der Waals surface area contributed by atoms with Gasteiger partial charge in [-0.05, 0) is 66.0 Å². The Morgan fingerprint density at radius 1 is 1.45 bits per heavy atom. The first kappa shape index (κ1) is 17.7. The Kier molecular flexibility index (Phi) is 7.26. The van der Waals surface area contributed by atoms with Gasteiger partial charge in [0.25, 0.3) is 0 Å². The van der Waals surface area contributed by atoms with E-state index in [2.05, 4.69) is 35.6 Å². The Labute approximate surface area is 140 Å². The summed E-state index contributed by atoms with van der Waals surface area (Å²) in [6, 6.07) is 8.39. The lowest BCUT2D eigenvalue weighted by molar-refractivity contribution is -0.131. The maximum absolute atomic E-state index is 12.2. The lowest BCUT2D eigenvalue weighted by atomic mass is 9.91. The molecule has 0 aromatic heterocycles. The number of carbonyl (C=O) groups excluding carboxylic acids is 1. The molecule has 1 unspecified atom stereocenters. The van der Waals surface area contributed by atoms with Gasteiger partial charge >= 0.3 is 0 Å². The quantitative estimate of drug-likeness (QED) is 0.782. The van der Waals surface area contributed by atoms with Crippen molar-refractivity contribution in [3.05, 3.63) is 33.4 Å². The van der Waals surface area contributed by atoms with Crippen molar-refractivity contribution in [2.45, 2.75) is 32.2 Å². The highest BCUT2D eigenvalue weighted by atomic mass is 127. The van der Waals surface area contributed by atoms with E-state index >= 15 is 0 Å². The van der Waals surface area contributed by atoms with Crippen LogP contribution in [0, 0.1) is 9.49 Å². The van der Waals surface area contributed by atoms with Gasteiger partial charge in [0.15, 0.2) is 0 Å². The minimum atomic E-state index is 0. The molecule has 2 N–H and O–H groups in total. The molecule has 1 heterocycles. The van der Waals surface area contributed by atoms with Crippen LogP contribution in [0.3, 0.4) is 0 Å². The summed E-state index contributed by atoms with van der Waals surface area (Å²) in [7, 11) is 0. The Morgan fingerprint density at radius 2 is 2.10 bits per heavy atom. The summed E-state index contributed by atoms with van der Waals surface area (Å²) >= 11 is 2.28. The van der Waals surface area contributed by atoms with Crippen LogP contribution in [-0.2, 0) is 11.2 Å². The molecule has 1 aliphatic heterocycles. The molecule has 0 bridgehead atoms. The predicted molar refractivity (Wildman–Crippen MR) is 93.1 cm³/mol. The number of hydrogen-bond donors (Lipinski definition) is 1. The van der Waals surface area contributed by atoms with Gasteiger partial charge in [0, 0.05) is 22.7 Å². The average molecular weight is 409 g/mol. The molecule has 20 heavy (non-hydrogen) atoms. The van der Waals surface area contributed by atoms with Gasteiger partial charge in [0.05, 0.1) is 6.42 Å². The lowest BCUT2D eigenvalue weighted by Gasteiger charge is -2.33.